The maximum atomic E-state index is 13.9. The average Bonchev–Trinajstić information content (AvgIpc) is 3.01. The zero-order valence-corrected chi connectivity index (χ0v) is 24.7. The van der Waals surface area contributed by atoms with Crippen molar-refractivity contribution in [2.75, 3.05) is 38.1 Å². The van der Waals surface area contributed by atoms with Crippen molar-refractivity contribution in [2.24, 2.45) is 0 Å². The Morgan fingerprint density at radius 1 is 0.854 bits per heavy atom. The number of nitrogens with zero attached hydrogens (tertiary/aromatic N) is 4. The molecule has 0 N–H and O–H groups in total. The second-order valence-corrected chi connectivity index (χ2v) is 10.2. The molecule has 6 heteroatoms. The predicted molar refractivity (Wildman–Crippen MR) is 168 cm³/mol. The number of rotatable bonds is 9. The molecule has 2 aromatic carbocycles. The zero-order chi connectivity index (χ0) is 28.9. The molecule has 0 fully saturated rings. The lowest BCUT2D eigenvalue weighted by molar-refractivity contribution is 0.0786. The third-order valence-corrected chi connectivity index (χ3v) is 7.89. The van der Waals surface area contributed by atoms with Gasteiger partial charge in [0.05, 0.1) is 6.07 Å². The van der Waals surface area contributed by atoms with E-state index in [1.807, 2.05) is 37.4 Å². The smallest absolute Gasteiger partial charge is 0.254 e. The third kappa shape index (κ3) is 5.60. The van der Waals surface area contributed by atoms with E-state index >= 15 is 0 Å². The highest BCUT2D eigenvalue weighted by Gasteiger charge is 2.24. The molecule has 0 atom stereocenters. The molecular weight excluding hydrogens is 508 g/mol. The topological polar surface area (TPSA) is 52.6 Å². The van der Waals surface area contributed by atoms with Gasteiger partial charge in [-0.2, -0.15) is 0 Å². The van der Waals surface area contributed by atoms with E-state index in [9.17, 15) is 4.79 Å². The summed E-state index contributed by atoms with van der Waals surface area (Å²) in [6, 6.07) is 24.7. The molecule has 1 aliphatic heterocycles. The van der Waals surface area contributed by atoms with Crippen molar-refractivity contribution in [3.63, 3.8) is 0 Å². The molecule has 1 amide bonds. The molecule has 1 aromatic heterocycles. The predicted octanol–water partition coefficient (Wildman–Crippen LogP) is 6.53. The summed E-state index contributed by atoms with van der Waals surface area (Å²) < 4.78 is 8.96. The van der Waals surface area contributed by atoms with E-state index < -0.39 is 0 Å². The molecule has 0 radical (unpaired) electrons. The summed E-state index contributed by atoms with van der Waals surface area (Å²) in [6.45, 7) is 12.8. The van der Waals surface area contributed by atoms with Crippen LogP contribution in [0, 0.1) is 0 Å². The number of anilines is 1. The molecule has 0 saturated heterocycles. The van der Waals surface area contributed by atoms with Gasteiger partial charge in [-0.15, -0.1) is 0 Å². The molecule has 1 aliphatic carbocycles. The first kappa shape index (κ1) is 28.1. The molecule has 0 saturated carbocycles. The Kier molecular flexibility index (Phi) is 8.48. The first-order valence-electron chi connectivity index (χ1n) is 14.6. The van der Waals surface area contributed by atoms with Gasteiger partial charge in [-0.05, 0) is 75.2 Å². The maximum Gasteiger partial charge on any atom is 0.254 e. The number of pyridine rings is 1. The molecule has 5 rings (SSSR count). The number of aromatic nitrogens is 1. The summed E-state index contributed by atoms with van der Waals surface area (Å²) in [7, 11) is 1.85. The van der Waals surface area contributed by atoms with Crippen LogP contribution < -0.4 is 14.8 Å². The summed E-state index contributed by atoms with van der Waals surface area (Å²) in [4.78, 5) is 22.1. The van der Waals surface area contributed by atoms with E-state index in [-0.39, 0.29) is 5.91 Å². The minimum atomic E-state index is -0.0287. The van der Waals surface area contributed by atoms with Crippen LogP contribution in [0.3, 0.4) is 0 Å². The van der Waals surface area contributed by atoms with Gasteiger partial charge >= 0.3 is 0 Å². The molecule has 41 heavy (non-hydrogen) atoms. The minimum Gasteiger partial charge on any atom is -0.456 e. The van der Waals surface area contributed by atoms with Crippen LogP contribution >= 0.6 is 0 Å². The largest absolute Gasteiger partial charge is 0.456 e. The first-order valence-corrected chi connectivity index (χ1v) is 14.6. The van der Waals surface area contributed by atoms with Gasteiger partial charge in [0, 0.05) is 79.0 Å². The molecular formula is C35H39N4O2+. The van der Waals surface area contributed by atoms with Gasteiger partial charge in [0.15, 0.2) is 0 Å². The Balaban J connectivity index is 1.74. The molecule has 2 aliphatic rings. The minimum absolute atomic E-state index is 0.0287. The average molecular weight is 548 g/mol. The number of carbonyl (C=O) groups excluding carboxylic acids is 1. The molecule has 0 spiro atoms. The fourth-order valence-electron chi connectivity index (χ4n) is 5.66. The van der Waals surface area contributed by atoms with E-state index in [1.54, 1.807) is 17.3 Å². The highest BCUT2D eigenvalue weighted by Crippen LogP contribution is 2.42. The second-order valence-electron chi connectivity index (χ2n) is 10.2. The molecule has 0 unspecified atom stereocenters. The zero-order valence-electron chi connectivity index (χ0n) is 24.7. The Bertz CT molecular complexity index is 1700. The summed E-state index contributed by atoms with van der Waals surface area (Å²) in [5.41, 5.74) is 6.53. The van der Waals surface area contributed by atoms with Crippen LogP contribution in [-0.2, 0) is 6.54 Å². The number of hydrogen-bond donors (Lipinski definition) is 0. The lowest BCUT2D eigenvalue weighted by atomic mass is 9.90. The number of carbonyl (C=O) groups is 1. The van der Waals surface area contributed by atoms with E-state index in [0.29, 0.717) is 12.1 Å². The SMILES string of the molecule is CCN(CC)c1ccc2c(-c3ccccc3C(=O)N(C)Cc3ccncc3)c3ccc(=[N+](CC)CC)cc-3oc2c1. The number of amides is 1. The van der Waals surface area contributed by atoms with E-state index in [0.717, 1.165) is 76.2 Å². The Morgan fingerprint density at radius 3 is 2.29 bits per heavy atom. The van der Waals surface area contributed by atoms with Gasteiger partial charge in [-0.1, -0.05) is 18.2 Å². The van der Waals surface area contributed by atoms with Crippen LogP contribution in [0.15, 0.2) is 89.6 Å². The quantitative estimate of drug-likeness (QED) is 0.156. The van der Waals surface area contributed by atoms with Crippen LogP contribution in [-0.4, -0.2) is 49.0 Å². The van der Waals surface area contributed by atoms with Gasteiger partial charge in [0.1, 0.15) is 24.4 Å². The summed E-state index contributed by atoms with van der Waals surface area (Å²) in [5, 5.41) is 2.11. The van der Waals surface area contributed by atoms with E-state index in [2.05, 4.69) is 84.6 Å². The molecule has 3 aromatic rings. The van der Waals surface area contributed by atoms with Crippen LogP contribution in [0.4, 0.5) is 5.69 Å². The van der Waals surface area contributed by atoms with Gasteiger partial charge < -0.3 is 14.2 Å². The van der Waals surface area contributed by atoms with Crippen molar-refractivity contribution in [1.29, 1.82) is 0 Å². The van der Waals surface area contributed by atoms with E-state index in [1.165, 1.54) is 0 Å². The molecule has 0 bridgehead atoms. The van der Waals surface area contributed by atoms with Gasteiger partial charge in [-0.3, -0.25) is 9.78 Å². The normalized spacial score (nSPS) is 11.1. The number of hydrogen-bond acceptors (Lipinski definition) is 4. The second kappa shape index (κ2) is 12.4. The number of fused-ring (bicyclic) bond motifs is 2. The van der Waals surface area contributed by atoms with Crippen LogP contribution in [0.25, 0.3) is 33.4 Å². The van der Waals surface area contributed by atoms with Gasteiger partial charge in [0.2, 0.25) is 5.36 Å². The van der Waals surface area contributed by atoms with Crippen molar-refractivity contribution < 1.29 is 9.21 Å². The van der Waals surface area contributed by atoms with Crippen molar-refractivity contribution in [3.05, 3.63) is 102 Å². The van der Waals surface area contributed by atoms with Crippen molar-refractivity contribution >= 4 is 22.6 Å². The lowest BCUT2D eigenvalue weighted by Crippen LogP contribution is -2.29. The molecule has 6 nitrogen and oxygen atoms in total. The summed E-state index contributed by atoms with van der Waals surface area (Å²) in [5.74, 6) is 0.778. The third-order valence-electron chi connectivity index (χ3n) is 7.89. The fraction of sp³-hybridized carbons (Fsp3) is 0.286. The Hall–Kier alpha value is -4.45. The molecule has 2 heterocycles. The van der Waals surface area contributed by atoms with Crippen LogP contribution in [0.5, 0.6) is 0 Å². The van der Waals surface area contributed by atoms with Crippen molar-refractivity contribution in [1.82, 2.24) is 14.5 Å². The van der Waals surface area contributed by atoms with E-state index in [4.69, 9.17) is 4.42 Å². The number of benzene rings is 3. The monoisotopic (exact) mass is 547 g/mol. The van der Waals surface area contributed by atoms with Gasteiger partial charge in [0.25, 0.3) is 5.91 Å². The summed E-state index contributed by atoms with van der Waals surface area (Å²) in [6.07, 6.45) is 3.51. The fourth-order valence-corrected chi connectivity index (χ4v) is 5.66. The highest BCUT2D eigenvalue weighted by molar-refractivity contribution is 6.09. The van der Waals surface area contributed by atoms with Gasteiger partial charge in [-0.25, -0.2) is 4.58 Å². The van der Waals surface area contributed by atoms with Crippen molar-refractivity contribution in [2.45, 2.75) is 34.2 Å². The molecule has 210 valence electrons. The Morgan fingerprint density at radius 2 is 1.59 bits per heavy atom. The first-order chi connectivity index (χ1) is 20.0. The van der Waals surface area contributed by atoms with Crippen LogP contribution in [0.1, 0.15) is 43.6 Å². The lowest BCUT2D eigenvalue weighted by Gasteiger charge is -2.23. The Labute approximate surface area is 242 Å². The maximum absolute atomic E-state index is 13.9. The van der Waals surface area contributed by atoms with Crippen molar-refractivity contribution in [3.8, 4) is 22.5 Å². The standard InChI is InChI=1S/C35H39N4O2/c1-6-38(7-2)26-14-16-30-32(22-26)41-33-23-27(39(8-3)9-4)15-17-31(33)34(30)28-12-10-11-13-29(28)35(40)37(5)24-25-18-20-36-21-19-25/h10-23H,6-9,24H2,1-5H3/q+1. The highest BCUT2D eigenvalue weighted by atomic mass is 16.3. The van der Waals surface area contributed by atoms with Crippen LogP contribution in [0.2, 0.25) is 0 Å². The summed E-state index contributed by atoms with van der Waals surface area (Å²) >= 11 is 0.